The van der Waals surface area contributed by atoms with E-state index < -0.39 is 0 Å². The van der Waals surface area contributed by atoms with Crippen LogP contribution in [0.2, 0.25) is 5.02 Å². The molecular formula is C30H22ClN3O5S. The number of amides is 2. The Morgan fingerprint density at radius 1 is 0.900 bits per heavy atom. The molecule has 0 saturated carbocycles. The number of carbonyl (C=O) groups is 2. The molecule has 0 aliphatic carbocycles. The number of carbonyl (C=O) groups excluding carboxylic acids is 2. The van der Waals surface area contributed by atoms with Crippen molar-refractivity contribution >= 4 is 56.2 Å². The molecule has 0 bridgehead atoms. The van der Waals surface area contributed by atoms with E-state index in [2.05, 4.69) is 15.6 Å². The highest BCUT2D eigenvalue weighted by Gasteiger charge is 2.17. The number of halogens is 1. The molecule has 8 nitrogen and oxygen atoms in total. The van der Waals surface area contributed by atoms with Crippen LogP contribution in [0, 0.1) is 0 Å². The van der Waals surface area contributed by atoms with Gasteiger partial charge >= 0.3 is 0 Å². The number of pyridine rings is 1. The fourth-order valence-corrected chi connectivity index (χ4v) is 5.28. The molecule has 0 fully saturated rings. The summed E-state index contributed by atoms with van der Waals surface area (Å²) in [5, 5.41) is 6.96. The molecule has 0 spiro atoms. The number of hydrogen-bond donors (Lipinski definition) is 2. The zero-order chi connectivity index (χ0) is 27.5. The van der Waals surface area contributed by atoms with Crippen molar-refractivity contribution in [3.8, 4) is 17.2 Å². The van der Waals surface area contributed by atoms with Gasteiger partial charge in [-0.3, -0.25) is 14.6 Å². The Kier molecular flexibility index (Phi) is 7.22. The van der Waals surface area contributed by atoms with Gasteiger partial charge in [-0.05, 0) is 78.2 Å². The van der Waals surface area contributed by atoms with Crippen LogP contribution in [0.1, 0.15) is 25.7 Å². The number of fused-ring (bicyclic) bond motifs is 2. The maximum atomic E-state index is 13.1. The summed E-state index contributed by atoms with van der Waals surface area (Å²) in [7, 11) is 0. The molecule has 2 amide bonds. The standard InChI is InChI=1S/C30H22ClN3O5S/c31-23-8-6-20(33-29(35)19-5-9-25-26(13-19)38-12-11-37-25)15-24(23)34-30(36)28-14-18-4-7-22(16-27(18)40-28)39-17-21-3-1-2-10-32-21/h1-10,13-16H,11-12,17H2,(H,33,35)(H,34,36). The molecule has 0 radical (unpaired) electrons. The summed E-state index contributed by atoms with van der Waals surface area (Å²) < 4.78 is 17.9. The highest BCUT2D eigenvalue weighted by Crippen LogP contribution is 2.33. The quantitative estimate of drug-likeness (QED) is 0.223. The molecule has 3 heterocycles. The predicted molar refractivity (Wildman–Crippen MR) is 155 cm³/mol. The van der Waals surface area contributed by atoms with E-state index in [1.54, 1.807) is 42.6 Å². The first-order chi connectivity index (χ1) is 19.5. The van der Waals surface area contributed by atoms with Crippen LogP contribution < -0.4 is 24.8 Å². The molecule has 1 aliphatic rings. The van der Waals surface area contributed by atoms with Crippen LogP contribution in [0.25, 0.3) is 10.1 Å². The van der Waals surface area contributed by atoms with Crippen molar-refractivity contribution in [1.29, 1.82) is 0 Å². The first-order valence-electron chi connectivity index (χ1n) is 12.4. The summed E-state index contributed by atoms with van der Waals surface area (Å²) in [4.78, 5) is 30.7. The van der Waals surface area contributed by atoms with Gasteiger partial charge in [0.05, 0.1) is 21.3 Å². The zero-order valence-electron chi connectivity index (χ0n) is 21.0. The fourth-order valence-electron chi connectivity index (χ4n) is 4.12. The Balaban J connectivity index is 1.14. The molecule has 0 unspecified atom stereocenters. The second kappa shape index (κ2) is 11.3. The number of benzene rings is 3. The van der Waals surface area contributed by atoms with Crippen molar-refractivity contribution in [2.45, 2.75) is 6.61 Å². The Morgan fingerprint density at radius 2 is 1.77 bits per heavy atom. The van der Waals surface area contributed by atoms with Crippen molar-refractivity contribution in [2.75, 3.05) is 23.8 Å². The van der Waals surface area contributed by atoms with E-state index in [0.29, 0.717) is 63.9 Å². The first-order valence-corrected chi connectivity index (χ1v) is 13.6. The highest BCUT2D eigenvalue weighted by molar-refractivity contribution is 7.20. The fraction of sp³-hybridized carbons (Fsp3) is 0.100. The summed E-state index contributed by atoms with van der Waals surface area (Å²) >= 11 is 7.72. The minimum atomic E-state index is -0.331. The number of anilines is 2. The summed E-state index contributed by atoms with van der Waals surface area (Å²) in [6.07, 6.45) is 1.72. The van der Waals surface area contributed by atoms with Crippen LogP contribution >= 0.6 is 22.9 Å². The summed E-state index contributed by atoms with van der Waals surface area (Å²) in [6.45, 7) is 1.26. The summed E-state index contributed by atoms with van der Waals surface area (Å²) in [6, 6.07) is 23.1. The minimum absolute atomic E-state index is 0.311. The molecule has 6 rings (SSSR count). The van der Waals surface area contributed by atoms with E-state index in [0.717, 1.165) is 15.8 Å². The number of rotatable bonds is 7. The third kappa shape index (κ3) is 5.70. The van der Waals surface area contributed by atoms with Gasteiger partial charge in [0.15, 0.2) is 11.5 Å². The maximum Gasteiger partial charge on any atom is 0.265 e. The van der Waals surface area contributed by atoms with Crippen LogP contribution in [0.5, 0.6) is 17.2 Å². The average Bonchev–Trinajstić information content (AvgIpc) is 3.42. The molecule has 3 aromatic carbocycles. The van der Waals surface area contributed by atoms with Crippen molar-refractivity contribution in [3.63, 3.8) is 0 Å². The third-order valence-electron chi connectivity index (χ3n) is 6.10. The molecule has 2 aromatic heterocycles. The van der Waals surface area contributed by atoms with Gasteiger partial charge < -0.3 is 24.8 Å². The van der Waals surface area contributed by atoms with Gasteiger partial charge in [-0.1, -0.05) is 17.7 Å². The van der Waals surface area contributed by atoms with E-state index >= 15 is 0 Å². The van der Waals surface area contributed by atoms with E-state index in [4.69, 9.17) is 25.8 Å². The molecule has 40 heavy (non-hydrogen) atoms. The van der Waals surface area contributed by atoms with Crippen LogP contribution in [-0.2, 0) is 6.61 Å². The van der Waals surface area contributed by atoms with Crippen LogP contribution in [0.15, 0.2) is 85.1 Å². The van der Waals surface area contributed by atoms with Crippen molar-refractivity contribution < 1.29 is 23.8 Å². The first kappa shape index (κ1) is 25.7. The van der Waals surface area contributed by atoms with E-state index in [9.17, 15) is 9.59 Å². The van der Waals surface area contributed by atoms with E-state index in [1.807, 2.05) is 42.5 Å². The predicted octanol–water partition coefficient (Wildman–Crippen LogP) is 6.80. The molecule has 0 saturated heterocycles. The largest absolute Gasteiger partial charge is 0.487 e. The highest BCUT2D eigenvalue weighted by atomic mass is 35.5. The molecule has 5 aromatic rings. The molecule has 200 valence electrons. The second-order valence-corrected chi connectivity index (χ2v) is 10.4. The van der Waals surface area contributed by atoms with Gasteiger partial charge in [-0.15, -0.1) is 11.3 Å². The number of nitrogens with one attached hydrogen (secondary N) is 2. The Hall–Kier alpha value is -4.60. The van der Waals surface area contributed by atoms with Crippen LogP contribution in [-0.4, -0.2) is 30.0 Å². The van der Waals surface area contributed by atoms with Crippen molar-refractivity contribution in [2.24, 2.45) is 0 Å². The van der Waals surface area contributed by atoms with Crippen molar-refractivity contribution in [3.05, 3.63) is 106 Å². The Labute approximate surface area is 238 Å². The normalized spacial score (nSPS) is 12.1. The van der Waals surface area contributed by atoms with Gasteiger partial charge in [0, 0.05) is 22.1 Å². The smallest absolute Gasteiger partial charge is 0.265 e. The van der Waals surface area contributed by atoms with E-state index in [-0.39, 0.29) is 11.8 Å². The lowest BCUT2D eigenvalue weighted by molar-refractivity contribution is 0.102. The lowest BCUT2D eigenvalue weighted by Gasteiger charge is -2.18. The van der Waals surface area contributed by atoms with Gasteiger partial charge in [-0.2, -0.15) is 0 Å². The lowest BCUT2D eigenvalue weighted by atomic mass is 10.1. The van der Waals surface area contributed by atoms with E-state index in [1.165, 1.54) is 11.3 Å². The number of hydrogen-bond acceptors (Lipinski definition) is 7. The lowest BCUT2D eigenvalue weighted by Crippen LogP contribution is -2.17. The number of thiophene rings is 1. The zero-order valence-corrected chi connectivity index (χ0v) is 22.6. The Bertz CT molecular complexity index is 1720. The molecular weight excluding hydrogens is 550 g/mol. The van der Waals surface area contributed by atoms with Crippen LogP contribution in [0.3, 0.4) is 0 Å². The maximum absolute atomic E-state index is 13.1. The number of ether oxygens (including phenoxy) is 3. The van der Waals surface area contributed by atoms with Gasteiger partial charge in [0.2, 0.25) is 0 Å². The summed E-state index contributed by atoms with van der Waals surface area (Å²) in [5.41, 5.74) is 2.10. The molecule has 10 heteroatoms. The molecule has 2 N–H and O–H groups in total. The average molecular weight is 572 g/mol. The van der Waals surface area contributed by atoms with Gasteiger partial charge in [0.25, 0.3) is 11.8 Å². The van der Waals surface area contributed by atoms with Crippen molar-refractivity contribution in [1.82, 2.24) is 4.98 Å². The topological polar surface area (TPSA) is 98.8 Å². The van der Waals surface area contributed by atoms with Gasteiger partial charge in [-0.25, -0.2) is 0 Å². The Morgan fingerprint density at radius 3 is 2.62 bits per heavy atom. The number of aromatic nitrogens is 1. The third-order valence-corrected chi connectivity index (χ3v) is 7.53. The monoisotopic (exact) mass is 571 g/mol. The minimum Gasteiger partial charge on any atom is -0.487 e. The second-order valence-electron chi connectivity index (χ2n) is 8.88. The SMILES string of the molecule is O=C(Nc1ccc(Cl)c(NC(=O)c2cc3ccc(OCc4ccccn4)cc3s2)c1)c1ccc2c(c1)OCCO2. The summed E-state index contributed by atoms with van der Waals surface area (Å²) in [5.74, 6) is 1.18. The van der Waals surface area contributed by atoms with Gasteiger partial charge in [0.1, 0.15) is 25.6 Å². The molecule has 1 aliphatic heterocycles. The number of nitrogens with zero attached hydrogens (tertiary/aromatic N) is 1. The van der Waals surface area contributed by atoms with Crippen LogP contribution in [0.4, 0.5) is 11.4 Å². The molecule has 0 atom stereocenters.